The van der Waals surface area contributed by atoms with Crippen molar-refractivity contribution in [1.82, 2.24) is 4.98 Å². The summed E-state index contributed by atoms with van der Waals surface area (Å²) in [5.74, 6) is 1.41. The highest BCUT2D eigenvalue weighted by atomic mass is 16.7. The second-order valence-electron chi connectivity index (χ2n) is 6.25. The molecule has 2 N–H and O–H groups in total. The molecule has 122 valence electrons. The Morgan fingerprint density at radius 1 is 1.26 bits per heavy atom. The number of hydrogen-bond acceptors (Lipinski definition) is 6. The van der Waals surface area contributed by atoms with Crippen molar-refractivity contribution in [2.24, 2.45) is 5.92 Å². The lowest BCUT2D eigenvalue weighted by atomic mass is 9.94. The van der Waals surface area contributed by atoms with Crippen LogP contribution < -0.4 is 14.4 Å². The van der Waals surface area contributed by atoms with Crippen LogP contribution >= 0.6 is 0 Å². The lowest BCUT2D eigenvalue weighted by Gasteiger charge is -2.37. The molecule has 3 heterocycles. The minimum Gasteiger partial charge on any atom is -0.454 e. The van der Waals surface area contributed by atoms with Gasteiger partial charge < -0.3 is 24.6 Å². The molecule has 2 aromatic rings. The van der Waals surface area contributed by atoms with Crippen LogP contribution in [0.15, 0.2) is 18.2 Å². The first-order valence-electron chi connectivity index (χ1n) is 7.90. The summed E-state index contributed by atoms with van der Waals surface area (Å²) in [5.41, 5.74) is 2.83. The molecule has 2 atom stereocenters. The van der Waals surface area contributed by atoms with Gasteiger partial charge in [-0.25, -0.2) is 0 Å². The number of aliphatic hydroxyl groups is 2. The van der Waals surface area contributed by atoms with E-state index >= 15 is 0 Å². The topological polar surface area (TPSA) is 75.1 Å². The van der Waals surface area contributed by atoms with E-state index in [4.69, 9.17) is 9.47 Å². The number of anilines is 1. The first-order chi connectivity index (χ1) is 11.2. The summed E-state index contributed by atoms with van der Waals surface area (Å²) in [6.07, 6.45) is 0.247. The summed E-state index contributed by atoms with van der Waals surface area (Å²) in [6, 6.07) is 5.91. The second-order valence-corrected chi connectivity index (χ2v) is 6.25. The summed E-state index contributed by atoms with van der Waals surface area (Å²) in [4.78, 5) is 6.76. The van der Waals surface area contributed by atoms with Gasteiger partial charge in [-0.1, -0.05) is 0 Å². The van der Waals surface area contributed by atoms with Gasteiger partial charge in [-0.05, 0) is 25.5 Å². The van der Waals surface area contributed by atoms with Crippen molar-refractivity contribution in [2.75, 3.05) is 31.4 Å². The predicted octanol–water partition coefficient (Wildman–Crippen LogP) is 1.45. The Morgan fingerprint density at radius 3 is 2.78 bits per heavy atom. The van der Waals surface area contributed by atoms with E-state index in [-0.39, 0.29) is 19.3 Å². The number of fused-ring (bicyclic) bond motifs is 2. The molecule has 0 aliphatic carbocycles. The number of benzene rings is 1. The molecule has 0 unspecified atom stereocenters. The van der Waals surface area contributed by atoms with Gasteiger partial charge in [0.05, 0.1) is 11.6 Å². The zero-order chi connectivity index (χ0) is 16.0. The quantitative estimate of drug-likeness (QED) is 0.873. The summed E-state index contributed by atoms with van der Waals surface area (Å²) in [7, 11) is 0. The number of ether oxygens (including phenoxy) is 2. The van der Waals surface area contributed by atoms with Crippen molar-refractivity contribution in [3.05, 3.63) is 23.9 Å². The van der Waals surface area contributed by atoms with E-state index in [1.165, 1.54) is 0 Å². The largest absolute Gasteiger partial charge is 0.454 e. The van der Waals surface area contributed by atoms with Crippen LogP contribution in [0.3, 0.4) is 0 Å². The van der Waals surface area contributed by atoms with Crippen molar-refractivity contribution in [3.63, 3.8) is 0 Å². The summed E-state index contributed by atoms with van der Waals surface area (Å²) >= 11 is 0. The van der Waals surface area contributed by atoms with Gasteiger partial charge in [0.25, 0.3) is 0 Å². The number of nitrogens with zero attached hydrogens (tertiary/aromatic N) is 2. The Labute approximate surface area is 134 Å². The highest BCUT2D eigenvalue weighted by molar-refractivity contribution is 5.94. The lowest BCUT2D eigenvalue weighted by molar-refractivity contribution is 0.0549. The van der Waals surface area contributed by atoms with Gasteiger partial charge in [0.15, 0.2) is 11.5 Å². The summed E-state index contributed by atoms with van der Waals surface area (Å²) in [5, 5.41) is 20.6. The number of aryl methyl sites for hydroxylation is 1. The highest BCUT2D eigenvalue weighted by Crippen LogP contribution is 2.39. The van der Waals surface area contributed by atoms with Crippen LogP contribution in [-0.2, 0) is 0 Å². The van der Waals surface area contributed by atoms with Gasteiger partial charge in [-0.2, -0.15) is 0 Å². The number of piperidine rings is 1. The molecular formula is C17H20N2O4. The molecule has 0 radical (unpaired) electrons. The number of pyridine rings is 1. The van der Waals surface area contributed by atoms with Crippen LogP contribution in [0.25, 0.3) is 10.9 Å². The molecule has 1 aromatic heterocycles. The Hall–Kier alpha value is -2.05. The van der Waals surface area contributed by atoms with Crippen molar-refractivity contribution < 1.29 is 19.7 Å². The third kappa shape index (κ3) is 2.48. The van der Waals surface area contributed by atoms with Gasteiger partial charge in [0, 0.05) is 48.4 Å². The van der Waals surface area contributed by atoms with Gasteiger partial charge in [-0.15, -0.1) is 0 Å². The molecule has 0 bridgehead atoms. The minimum absolute atomic E-state index is 0.0316. The molecule has 0 saturated carbocycles. The smallest absolute Gasteiger partial charge is 0.231 e. The molecule has 1 saturated heterocycles. The molecule has 0 amide bonds. The lowest BCUT2D eigenvalue weighted by Crippen LogP contribution is -2.45. The zero-order valence-corrected chi connectivity index (χ0v) is 13.0. The maximum absolute atomic E-state index is 10.2. The number of β-amino-alcohol motifs (C(OH)–C–C–N with tert-alkyl or cyclic N) is 1. The molecule has 2 aliphatic heterocycles. The monoisotopic (exact) mass is 316 g/mol. The van der Waals surface area contributed by atoms with Gasteiger partial charge >= 0.3 is 0 Å². The number of hydrogen-bond donors (Lipinski definition) is 2. The van der Waals surface area contributed by atoms with E-state index in [1.807, 2.05) is 25.1 Å². The molecular weight excluding hydrogens is 296 g/mol. The van der Waals surface area contributed by atoms with E-state index in [1.54, 1.807) is 0 Å². The van der Waals surface area contributed by atoms with Crippen LogP contribution in [0.4, 0.5) is 5.69 Å². The fourth-order valence-corrected chi connectivity index (χ4v) is 3.40. The van der Waals surface area contributed by atoms with E-state index < -0.39 is 6.10 Å². The van der Waals surface area contributed by atoms with Crippen molar-refractivity contribution in [3.8, 4) is 11.5 Å². The van der Waals surface area contributed by atoms with Crippen LogP contribution in [0.2, 0.25) is 0 Å². The maximum Gasteiger partial charge on any atom is 0.231 e. The second kappa shape index (κ2) is 5.54. The third-order valence-corrected chi connectivity index (χ3v) is 4.71. The molecule has 0 spiro atoms. The van der Waals surface area contributed by atoms with Gasteiger partial charge in [-0.3, -0.25) is 4.98 Å². The summed E-state index contributed by atoms with van der Waals surface area (Å²) < 4.78 is 10.9. The molecule has 1 fully saturated rings. The first-order valence-corrected chi connectivity index (χ1v) is 7.90. The molecule has 6 heteroatoms. The van der Waals surface area contributed by atoms with Crippen molar-refractivity contribution in [1.29, 1.82) is 0 Å². The van der Waals surface area contributed by atoms with Gasteiger partial charge in [0.1, 0.15) is 0 Å². The van der Waals surface area contributed by atoms with Crippen LogP contribution in [0, 0.1) is 12.8 Å². The van der Waals surface area contributed by atoms with E-state index in [0.29, 0.717) is 6.54 Å². The highest BCUT2D eigenvalue weighted by Gasteiger charge is 2.28. The summed E-state index contributed by atoms with van der Waals surface area (Å²) in [6.45, 7) is 3.54. The normalized spacial score (nSPS) is 23.5. The zero-order valence-electron chi connectivity index (χ0n) is 13.0. The molecule has 2 aliphatic rings. The van der Waals surface area contributed by atoms with Crippen LogP contribution in [0.5, 0.6) is 11.5 Å². The van der Waals surface area contributed by atoms with Crippen molar-refractivity contribution in [2.45, 2.75) is 19.4 Å². The number of rotatable bonds is 2. The average Bonchev–Trinajstić information content (AvgIpc) is 2.99. The molecule has 1 aromatic carbocycles. The third-order valence-electron chi connectivity index (χ3n) is 4.71. The molecule has 23 heavy (non-hydrogen) atoms. The Bertz CT molecular complexity index is 749. The van der Waals surface area contributed by atoms with E-state index in [9.17, 15) is 10.2 Å². The SMILES string of the molecule is Cc1cc(N2CC[C@H](CO)[C@@H](O)C2)c2cc3c(cc2n1)OCO3. The fourth-order valence-electron chi connectivity index (χ4n) is 3.40. The Balaban J connectivity index is 1.77. The number of aliphatic hydroxyl groups excluding tert-OH is 2. The Kier molecular flexibility index (Phi) is 3.50. The van der Waals surface area contributed by atoms with Gasteiger partial charge in [0.2, 0.25) is 6.79 Å². The van der Waals surface area contributed by atoms with Crippen LogP contribution in [0.1, 0.15) is 12.1 Å². The maximum atomic E-state index is 10.2. The molecule has 4 rings (SSSR count). The standard InChI is InChI=1S/C17H20N2O4/c1-10-4-14(19-3-2-11(8-20)15(21)7-19)12-5-16-17(23-9-22-16)6-13(12)18-10/h4-6,11,15,20-21H,2-3,7-9H2,1H3/t11-,15+/m1/s1. The first kappa shape index (κ1) is 14.5. The van der Waals surface area contributed by atoms with Crippen molar-refractivity contribution >= 4 is 16.6 Å². The average molecular weight is 316 g/mol. The minimum atomic E-state index is -0.522. The van der Waals surface area contributed by atoms with E-state index in [2.05, 4.69) is 9.88 Å². The fraction of sp³-hybridized carbons (Fsp3) is 0.471. The number of aromatic nitrogens is 1. The molecule has 6 nitrogen and oxygen atoms in total. The Morgan fingerprint density at radius 2 is 2.04 bits per heavy atom. The predicted molar refractivity (Wildman–Crippen MR) is 86.0 cm³/mol. The van der Waals surface area contributed by atoms with Crippen LogP contribution in [-0.4, -0.2) is 47.8 Å². The van der Waals surface area contributed by atoms with E-state index in [0.717, 1.165) is 46.7 Å².